The van der Waals surface area contributed by atoms with Gasteiger partial charge in [-0.2, -0.15) is 0 Å². The second kappa shape index (κ2) is 4.95. The Balaban J connectivity index is 2.16. The molecule has 1 nitrogen and oxygen atoms in total. The normalized spacial score (nSPS) is 29.3. The maximum absolute atomic E-state index is 13.3. The molecule has 0 bridgehead atoms. The van der Waals surface area contributed by atoms with E-state index in [0.717, 1.165) is 24.8 Å². The fourth-order valence-electron chi connectivity index (χ4n) is 2.66. The van der Waals surface area contributed by atoms with E-state index < -0.39 is 11.4 Å². The molecule has 2 unspecified atom stereocenters. The zero-order valence-corrected chi connectivity index (χ0v) is 10.8. The first-order chi connectivity index (χ1) is 8.01. The van der Waals surface area contributed by atoms with E-state index in [-0.39, 0.29) is 10.9 Å². The van der Waals surface area contributed by atoms with Gasteiger partial charge in [-0.3, -0.25) is 0 Å². The molecule has 1 N–H and O–H groups in total. The highest BCUT2D eigenvalue weighted by molar-refractivity contribution is 6.30. The van der Waals surface area contributed by atoms with Crippen molar-refractivity contribution in [2.75, 3.05) is 0 Å². The smallest absolute Gasteiger partial charge is 0.142 e. The van der Waals surface area contributed by atoms with Crippen LogP contribution in [0.5, 0.6) is 0 Å². The summed E-state index contributed by atoms with van der Waals surface area (Å²) in [5, 5.41) is 10.7. The fourth-order valence-corrected chi connectivity index (χ4v) is 2.78. The molecule has 1 fully saturated rings. The molecule has 1 aliphatic carbocycles. The third-order valence-corrected chi connectivity index (χ3v) is 4.21. The molecule has 1 saturated carbocycles. The molecule has 1 aromatic carbocycles. The minimum Gasteiger partial charge on any atom is -0.389 e. The fraction of sp³-hybridized carbons (Fsp3) is 0.571. The van der Waals surface area contributed by atoms with Crippen LogP contribution in [0, 0.1) is 11.7 Å². The summed E-state index contributed by atoms with van der Waals surface area (Å²) in [5.74, 6) is -0.133. The Morgan fingerprint density at radius 1 is 1.47 bits per heavy atom. The minimum atomic E-state index is -0.682. The Bertz CT molecular complexity index is 407. The van der Waals surface area contributed by atoms with E-state index in [0.29, 0.717) is 6.42 Å². The van der Waals surface area contributed by atoms with E-state index in [1.54, 1.807) is 12.1 Å². The molecule has 17 heavy (non-hydrogen) atoms. The first-order valence-corrected chi connectivity index (χ1v) is 6.55. The summed E-state index contributed by atoms with van der Waals surface area (Å²) in [4.78, 5) is 0. The minimum absolute atomic E-state index is 0.137. The summed E-state index contributed by atoms with van der Waals surface area (Å²) in [6.07, 6.45) is 4.60. The Hall–Kier alpha value is -0.600. The zero-order valence-electron chi connectivity index (χ0n) is 10.0. The Morgan fingerprint density at radius 2 is 2.24 bits per heavy atom. The SMILES string of the molecule is CC1CCCCC1(O)Cc1ccc(Cl)c(F)c1. The third kappa shape index (κ3) is 2.80. The lowest BCUT2D eigenvalue weighted by atomic mass is 9.73. The number of hydrogen-bond acceptors (Lipinski definition) is 1. The van der Waals surface area contributed by atoms with Gasteiger partial charge in [0.2, 0.25) is 0 Å². The second-order valence-electron chi connectivity index (χ2n) is 5.18. The van der Waals surface area contributed by atoms with Gasteiger partial charge in [-0.1, -0.05) is 37.4 Å². The number of rotatable bonds is 2. The largest absolute Gasteiger partial charge is 0.389 e. The molecular formula is C14H18ClFO. The zero-order chi connectivity index (χ0) is 12.5. The first-order valence-electron chi connectivity index (χ1n) is 6.17. The van der Waals surface area contributed by atoms with Crippen molar-refractivity contribution in [3.05, 3.63) is 34.6 Å². The van der Waals surface area contributed by atoms with Gasteiger partial charge in [0, 0.05) is 6.42 Å². The summed E-state index contributed by atoms with van der Waals surface area (Å²) in [7, 11) is 0. The summed E-state index contributed by atoms with van der Waals surface area (Å²) in [5.41, 5.74) is 0.140. The predicted octanol–water partition coefficient (Wildman–Crippen LogP) is 3.96. The second-order valence-corrected chi connectivity index (χ2v) is 5.58. The van der Waals surface area contributed by atoms with Gasteiger partial charge in [0.1, 0.15) is 5.82 Å². The predicted molar refractivity (Wildman–Crippen MR) is 67.7 cm³/mol. The molecule has 1 aliphatic rings. The highest BCUT2D eigenvalue weighted by Crippen LogP contribution is 2.36. The first kappa shape index (κ1) is 12.8. The topological polar surface area (TPSA) is 20.2 Å². The standard InChI is InChI=1S/C14H18ClFO/c1-10-4-2-3-7-14(10,17)9-11-5-6-12(15)13(16)8-11/h5-6,8,10,17H,2-4,7,9H2,1H3. The molecule has 3 heteroatoms. The van der Waals surface area contributed by atoms with Crippen molar-refractivity contribution in [1.82, 2.24) is 0 Å². The van der Waals surface area contributed by atoms with Crippen LogP contribution >= 0.6 is 11.6 Å². The molecule has 2 atom stereocenters. The summed E-state index contributed by atoms with van der Waals surface area (Å²) in [6, 6.07) is 4.79. The average molecular weight is 257 g/mol. The summed E-state index contributed by atoms with van der Waals surface area (Å²) in [6.45, 7) is 2.07. The molecule has 0 spiro atoms. The highest BCUT2D eigenvalue weighted by Gasteiger charge is 2.35. The van der Waals surface area contributed by atoms with Gasteiger partial charge >= 0.3 is 0 Å². The van der Waals surface area contributed by atoms with Crippen molar-refractivity contribution < 1.29 is 9.50 Å². The van der Waals surface area contributed by atoms with Crippen molar-refractivity contribution in [2.24, 2.45) is 5.92 Å². The van der Waals surface area contributed by atoms with Gasteiger partial charge < -0.3 is 5.11 Å². The maximum Gasteiger partial charge on any atom is 0.142 e. The van der Waals surface area contributed by atoms with Crippen molar-refractivity contribution in [2.45, 2.75) is 44.6 Å². The van der Waals surface area contributed by atoms with Crippen LogP contribution in [0.3, 0.4) is 0 Å². The van der Waals surface area contributed by atoms with E-state index in [1.807, 2.05) is 0 Å². The molecule has 0 saturated heterocycles. The van der Waals surface area contributed by atoms with Crippen molar-refractivity contribution in [3.63, 3.8) is 0 Å². The van der Waals surface area contributed by atoms with E-state index in [4.69, 9.17) is 11.6 Å². The summed E-state index contributed by atoms with van der Waals surface area (Å²) >= 11 is 5.65. The third-order valence-electron chi connectivity index (χ3n) is 3.91. The van der Waals surface area contributed by atoms with Gasteiger partial charge in [-0.25, -0.2) is 4.39 Å². The number of halogens is 2. The van der Waals surface area contributed by atoms with Gasteiger partial charge in [-0.05, 0) is 36.5 Å². The molecular weight excluding hydrogens is 239 g/mol. The quantitative estimate of drug-likeness (QED) is 0.849. The Kier molecular flexibility index (Phi) is 3.74. The van der Waals surface area contributed by atoms with Crippen LogP contribution in [-0.2, 0) is 6.42 Å². The van der Waals surface area contributed by atoms with E-state index >= 15 is 0 Å². The van der Waals surface area contributed by atoms with Crippen LogP contribution in [0.1, 0.15) is 38.2 Å². The highest BCUT2D eigenvalue weighted by atomic mass is 35.5. The van der Waals surface area contributed by atoms with Gasteiger partial charge in [-0.15, -0.1) is 0 Å². The Labute approximate surface area is 107 Å². The van der Waals surface area contributed by atoms with Gasteiger partial charge in [0.25, 0.3) is 0 Å². The molecule has 0 heterocycles. The van der Waals surface area contributed by atoms with Crippen molar-refractivity contribution in [3.8, 4) is 0 Å². The summed E-state index contributed by atoms with van der Waals surface area (Å²) < 4.78 is 13.3. The molecule has 0 aliphatic heterocycles. The molecule has 1 aromatic rings. The van der Waals surface area contributed by atoms with Crippen LogP contribution in [0.15, 0.2) is 18.2 Å². The lowest BCUT2D eigenvalue weighted by Gasteiger charge is -2.38. The van der Waals surface area contributed by atoms with Crippen LogP contribution < -0.4 is 0 Å². The molecule has 2 rings (SSSR count). The van der Waals surface area contributed by atoms with Crippen molar-refractivity contribution in [1.29, 1.82) is 0 Å². The van der Waals surface area contributed by atoms with Gasteiger partial charge in [0.05, 0.1) is 10.6 Å². The van der Waals surface area contributed by atoms with Crippen LogP contribution in [0.25, 0.3) is 0 Å². The molecule has 0 radical (unpaired) electrons. The lowest BCUT2D eigenvalue weighted by Crippen LogP contribution is -2.41. The average Bonchev–Trinajstić information content (AvgIpc) is 2.28. The number of benzene rings is 1. The maximum atomic E-state index is 13.3. The lowest BCUT2D eigenvalue weighted by molar-refractivity contribution is -0.0405. The van der Waals surface area contributed by atoms with Crippen LogP contribution in [-0.4, -0.2) is 10.7 Å². The monoisotopic (exact) mass is 256 g/mol. The van der Waals surface area contributed by atoms with Crippen LogP contribution in [0.4, 0.5) is 4.39 Å². The Morgan fingerprint density at radius 3 is 2.88 bits per heavy atom. The van der Waals surface area contributed by atoms with E-state index in [1.165, 1.54) is 12.5 Å². The number of hydrogen-bond donors (Lipinski definition) is 1. The molecule has 94 valence electrons. The van der Waals surface area contributed by atoms with E-state index in [9.17, 15) is 9.50 Å². The molecule has 0 aromatic heterocycles. The van der Waals surface area contributed by atoms with Gasteiger partial charge in [0.15, 0.2) is 0 Å². The molecule has 0 amide bonds. The van der Waals surface area contributed by atoms with E-state index in [2.05, 4.69) is 6.92 Å². The van der Waals surface area contributed by atoms with Crippen LogP contribution in [0.2, 0.25) is 5.02 Å². The number of aliphatic hydroxyl groups is 1. The van der Waals surface area contributed by atoms with Crippen molar-refractivity contribution >= 4 is 11.6 Å².